The zero-order valence-electron chi connectivity index (χ0n) is 21.5. The molecule has 1 aromatic carbocycles. The van der Waals surface area contributed by atoms with Gasteiger partial charge < -0.3 is 29.0 Å². The molecule has 2 unspecified atom stereocenters. The Morgan fingerprint density at radius 2 is 2.08 bits per heavy atom. The molecule has 2 aromatic rings. The summed E-state index contributed by atoms with van der Waals surface area (Å²) in [4.78, 5) is 47.7. The Morgan fingerprint density at radius 1 is 1.35 bits per heavy atom. The van der Waals surface area contributed by atoms with Crippen LogP contribution in [-0.2, 0) is 23.4 Å². The Morgan fingerprint density at radius 3 is 2.70 bits per heavy atom. The number of aliphatic hydroxyl groups excluding tert-OH is 2. The van der Waals surface area contributed by atoms with Gasteiger partial charge in [-0.2, -0.15) is 11.8 Å². The standard InChI is InChI=1S/C22H29N6O10PS/c1-3-35-20(32)15(10-12-40-2)28(38-14-7-5-4-6-8-14)39(34)36-13-22(25-26-23)18(31)17(30)19(37-22)27-11-9-16(29)24-21(27)33/h4-9,11,15,17-19,30-31,39H,3,10,12-13H2,1-2H3,(H,24,29,33)/t15?,17-,18+,19-,22-/m1/s1. The van der Waals surface area contributed by atoms with E-state index in [1.807, 2.05) is 11.2 Å². The predicted octanol–water partition coefficient (Wildman–Crippen LogP) is 1.18. The van der Waals surface area contributed by atoms with Crippen LogP contribution in [0.2, 0.25) is 0 Å². The normalized spacial score (nSPS) is 23.8. The molecule has 40 heavy (non-hydrogen) atoms. The quantitative estimate of drug-likeness (QED) is 0.0695. The van der Waals surface area contributed by atoms with Crippen LogP contribution < -0.4 is 16.1 Å². The zero-order valence-corrected chi connectivity index (χ0v) is 23.3. The molecule has 1 aliphatic rings. The van der Waals surface area contributed by atoms with Crippen molar-refractivity contribution in [2.75, 3.05) is 25.2 Å². The van der Waals surface area contributed by atoms with E-state index in [0.29, 0.717) is 5.75 Å². The SMILES string of the molecule is CCOC(=O)C(CCSC)N(Oc1ccccc1)[PH](=O)OC[C@@]1(N=[N+]=[N-])O[C@@H](n2ccc(=O)[nH]c2=O)[C@H](O)[C@@H]1O. The maximum absolute atomic E-state index is 13.5. The van der Waals surface area contributed by atoms with Gasteiger partial charge in [0, 0.05) is 17.2 Å². The number of nitrogens with zero attached hydrogens (tertiary/aromatic N) is 5. The third-order valence-electron chi connectivity index (χ3n) is 5.71. The number of azide groups is 1. The molecule has 0 aliphatic carbocycles. The summed E-state index contributed by atoms with van der Waals surface area (Å²) in [5.41, 5.74) is 5.14. The van der Waals surface area contributed by atoms with Crippen molar-refractivity contribution >= 4 is 25.9 Å². The number of aromatic amines is 1. The highest BCUT2D eigenvalue weighted by Gasteiger charge is 2.56. The minimum Gasteiger partial charge on any atom is -0.465 e. The predicted molar refractivity (Wildman–Crippen MR) is 143 cm³/mol. The number of hydroxylamine groups is 1. The number of hydrogen-bond donors (Lipinski definition) is 3. The van der Waals surface area contributed by atoms with E-state index in [1.165, 1.54) is 11.8 Å². The summed E-state index contributed by atoms with van der Waals surface area (Å²) in [7, 11) is -3.52. The molecule has 1 aromatic heterocycles. The maximum Gasteiger partial charge on any atom is 0.330 e. The van der Waals surface area contributed by atoms with E-state index < -0.39 is 62.2 Å². The van der Waals surface area contributed by atoms with Crippen LogP contribution in [0.4, 0.5) is 0 Å². The maximum atomic E-state index is 13.5. The van der Waals surface area contributed by atoms with Gasteiger partial charge in [0.05, 0.1) is 13.2 Å². The molecule has 0 radical (unpaired) electrons. The minimum atomic E-state index is -3.52. The van der Waals surface area contributed by atoms with Crippen LogP contribution >= 0.6 is 19.9 Å². The lowest BCUT2D eigenvalue weighted by atomic mass is 10.1. The van der Waals surface area contributed by atoms with Gasteiger partial charge in [-0.3, -0.25) is 23.7 Å². The van der Waals surface area contributed by atoms with E-state index in [1.54, 1.807) is 37.3 Å². The number of para-hydroxylation sites is 1. The molecule has 6 atom stereocenters. The molecule has 3 N–H and O–H groups in total. The second-order valence-electron chi connectivity index (χ2n) is 8.33. The smallest absolute Gasteiger partial charge is 0.330 e. The van der Waals surface area contributed by atoms with Crippen molar-refractivity contribution in [1.82, 2.24) is 14.4 Å². The number of benzene rings is 1. The number of hydrogen-bond acceptors (Lipinski definition) is 12. The fraction of sp³-hybridized carbons (Fsp3) is 0.500. The average molecular weight is 601 g/mol. The number of aliphatic hydroxyl groups is 2. The summed E-state index contributed by atoms with van der Waals surface area (Å²) in [6.07, 6.45) is -2.39. The van der Waals surface area contributed by atoms with E-state index in [-0.39, 0.29) is 18.8 Å². The van der Waals surface area contributed by atoms with Crippen LogP contribution in [-0.4, -0.2) is 79.8 Å². The van der Waals surface area contributed by atoms with Crippen LogP contribution in [0.1, 0.15) is 19.6 Å². The second kappa shape index (κ2) is 14.5. The summed E-state index contributed by atoms with van der Waals surface area (Å²) < 4.78 is 30.5. The van der Waals surface area contributed by atoms with Crippen molar-refractivity contribution in [1.29, 1.82) is 0 Å². The summed E-state index contributed by atoms with van der Waals surface area (Å²) >= 11 is 1.43. The van der Waals surface area contributed by atoms with Crippen molar-refractivity contribution in [3.63, 3.8) is 0 Å². The fourth-order valence-electron chi connectivity index (χ4n) is 3.78. The topological polar surface area (TPSA) is 218 Å². The molecular formula is C22H29N6O10PS. The first-order valence-corrected chi connectivity index (χ1v) is 14.6. The fourth-order valence-corrected chi connectivity index (χ4v) is 5.36. The van der Waals surface area contributed by atoms with Gasteiger partial charge in [-0.05, 0) is 43.0 Å². The zero-order chi connectivity index (χ0) is 29.3. The Labute approximate surface area is 232 Å². The molecule has 0 bridgehead atoms. The Kier molecular flexibility index (Phi) is 11.4. The van der Waals surface area contributed by atoms with Crippen LogP contribution in [0.25, 0.3) is 10.4 Å². The van der Waals surface area contributed by atoms with E-state index in [0.717, 1.165) is 21.7 Å². The molecule has 218 valence electrons. The largest absolute Gasteiger partial charge is 0.465 e. The first-order valence-electron chi connectivity index (χ1n) is 11.9. The third-order valence-corrected chi connectivity index (χ3v) is 7.51. The lowest BCUT2D eigenvalue weighted by molar-refractivity contribution is -0.156. The summed E-state index contributed by atoms with van der Waals surface area (Å²) in [5.74, 6) is -0.0125. The highest BCUT2D eigenvalue weighted by atomic mass is 32.2. The van der Waals surface area contributed by atoms with Gasteiger partial charge in [0.15, 0.2) is 12.3 Å². The Hall–Kier alpha value is -3.14. The highest BCUT2D eigenvalue weighted by Crippen LogP contribution is 2.42. The molecule has 3 rings (SSSR count). The molecule has 0 saturated carbocycles. The average Bonchev–Trinajstić information content (AvgIpc) is 3.17. The van der Waals surface area contributed by atoms with Crippen LogP contribution in [0, 0.1) is 0 Å². The van der Waals surface area contributed by atoms with Gasteiger partial charge in [-0.25, -0.2) is 4.79 Å². The van der Waals surface area contributed by atoms with Crippen molar-refractivity contribution in [2.45, 2.75) is 43.5 Å². The Bertz CT molecular complexity index is 1340. The number of H-pyrrole nitrogens is 1. The van der Waals surface area contributed by atoms with Gasteiger partial charge in [0.25, 0.3) is 13.7 Å². The van der Waals surface area contributed by atoms with E-state index in [4.69, 9.17) is 18.8 Å². The van der Waals surface area contributed by atoms with Crippen molar-refractivity contribution in [3.05, 3.63) is 73.9 Å². The number of ether oxygens (including phenoxy) is 2. The molecule has 2 heterocycles. The van der Waals surface area contributed by atoms with E-state index in [2.05, 4.69) is 10.0 Å². The van der Waals surface area contributed by atoms with Crippen molar-refractivity contribution < 1.29 is 38.4 Å². The number of carbonyl (C=O) groups is 1. The van der Waals surface area contributed by atoms with Crippen LogP contribution in [0.3, 0.4) is 0 Å². The van der Waals surface area contributed by atoms with Crippen molar-refractivity contribution in [2.24, 2.45) is 5.11 Å². The molecule has 18 heteroatoms. The molecule has 0 spiro atoms. The first-order chi connectivity index (χ1) is 19.2. The molecule has 0 amide bonds. The van der Waals surface area contributed by atoms with E-state index >= 15 is 0 Å². The summed E-state index contributed by atoms with van der Waals surface area (Å²) in [6.45, 7) is 0.788. The molecule has 1 aliphatic heterocycles. The number of aromatic nitrogens is 2. The molecule has 1 saturated heterocycles. The minimum absolute atomic E-state index is 0.0546. The van der Waals surface area contributed by atoms with E-state index in [9.17, 15) is 34.7 Å². The van der Waals surface area contributed by atoms with Gasteiger partial charge >= 0.3 is 11.7 Å². The van der Waals surface area contributed by atoms with Crippen LogP contribution in [0.5, 0.6) is 5.75 Å². The van der Waals surface area contributed by atoms with Gasteiger partial charge in [0.2, 0.25) is 5.72 Å². The number of esters is 1. The third kappa shape index (κ3) is 7.33. The number of thioether (sulfide) groups is 1. The number of nitrogens with one attached hydrogen (secondary N) is 1. The number of rotatable bonds is 14. The summed E-state index contributed by atoms with van der Waals surface area (Å²) in [6, 6.07) is 7.99. The lowest BCUT2D eigenvalue weighted by Crippen LogP contribution is -2.45. The lowest BCUT2D eigenvalue weighted by Gasteiger charge is -2.30. The monoisotopic (exact) mass is 600 g/mol. The van der Waals surface area contributed by atoms with Crippen molar-refractivity contribution in [3.8, 4) is 5.75 Å². The highest BCUT2D eigenvalue weighted by molar-refractivity contribution is 7.98. The van der Waals surface area contributed by atoms with Gasteiger partial charge in [0.1, 0.15) is 18.0 Å². The second-order valence-corrected chi connectivity index (χ2v) is 10.6. The molecular weight excluding hydrogens is 571 g/mol. The van der Waals surface area contributed by atoms with Gasteiger partial charge in [-0.15, -0.1) is 0 Å². The van der Waals surface area contributed by atoms with Gasteiger partial charge in [-0.1, -0.05) is 28.1 Å². The number of carbonyl (C=O) groups excluding carboxylic acids is 1. The van der Waals surface area contributed by atoms with Crippen LogP contribution in [0.15, 0.2) is 57.3 Å². The first kappa shape index (κ1) is 31.4. The summed E-state index contributed by atoms with van der Waals surface area (Å²) in [5, 5.41) is 24.8. The Balaban J connectivity index is 1.90. The molecule has 1 fully saturated rings. The molecule has 16 nitrogen and oxygen atoms in total.